The Labute approximate surface area is 145 Å². The largest absolute Gasteiger partial charge is 0.493 e. The van der Waals surface area contributed by atoms with Crippen molar-refractivity contribution < 1.29 is 9.47 Å². The Morgan fingerprint density at radius 1 is 0.960 bits per heavy atom. The number of hydrogen-bond donors (Lipinski definition) is 1. The molecule has 0 bridgehead atoms. The van der Waals surface area contributed by atoms with E-state index in [0.717, 1.165) is 5.56 Å². The average Bonchev–Trinajstić information content (AvgIpc) is 2.67. The molecule has 0 fully saturated rings. The molecule has 25 heavy (non-hydrogen) atoms. The van der Waals surface area contributed by atoms with E-state index in [2.05, 4.69) is 4.98 Å². The number of benzene rings is 2. The number of methoxy groups -OCH3 is 2. The van der Waals surface area contributed by atoms with Gasteiger partial charge in [-0.2, -0.15) is 5.26 Å². The fourth-order valence-electron chi connectivity index (χ4n) is 2.76. The molecular formula is C20H16N2O3. The second-order valence-corrected chi connectivity index (χ2v) is 5.32. The molecule has 5 heteroatoms. The molecule has 0 unspecified atom stereocenters. The number of hydrogen-bond acceptors (Lipinski definition) is 4. The average molecular weight is 332 g/mol. The van der Waals surface area contributed by atoms with Crippen molar-refractivity contribution in [2.24, 2.45) is 0 Å². The monoisotopic (exact) mass is 332 g/mol. The van der Waals surface area contributed by atoms with Gasteiger partial charge in [0, 0.05) is 16.8 Å². The summed E-state index contributed by atoms with van der Waals surface area (Å²) in [6.45, 7) is 0. The minimum Gasteiger partial charge on any atom is -0.493 e. The molecule has 0 aliphatic rings. The van der Waals surface area contributed by atoms with Gasteiger partial charge < -0.3 is 14.5 Å². The van der Waals surface area contributed by atoms with Crippen LogP contribution >= 0.6 is 0 Å². The minimum atomic E-state index is -0.441. The van der Waals surface area contributed by atoms with Crippen molar-refractivity contribution in [2.75, 3.05) is 14.2 Å². The Balaban J connectivity index is 2.32. The third kappa shape index (κ3) is 2.98. The maximum Gasteiger partial charge on any atom is 0.266 e. The summed E-state index contributed by atoms with van der Waals surface area (Å²) in [6.07, 6.45) is 0. The number of nitriles is 1. The summed E-state index contributed by atoms with van der Waals surface area (Å²) in [5, 5.41) is 9.47. The standard InChI is InChI=1S/C20H16N2O3/c1-24-18-10-6-9-14(19(18)25-2)15-11-17(13-7-4-3-5-8-13)22-20(23)16(15)12-21/h3-11H,1-2H3,(H,22,23). The SMILES string of the molecule is COc1cccc(-c2cc(-c3ccccc3)[nH]c(=O)c2C#N)c1OC. The molecule has 3 aromatic rings. The molecule has 124 valence electrons. The highest BCUT2D eigenvalue weighted by Gasteiger charge is 2.18. The summed E-state index contributed by atoms with van der Waals surface area (Å²) >= 11 is 0. The number of para-hydroxylation sites is 1. The van der Waals surface area contributed by atoms with Crippen molar-refractivity contribution in [3.05, 3.63) is 70.5 Å². The number of rotatable bonds is 4. The number of nitrogens with zero attached hydrogens (tertiary/aromatic N) is 1. The zero-order valence-electron chi connectivity index (χ0n) is 13.9. The van der Waals surface area contributed by atoms with E-state index in [0.29, 0.717) is 28.3 Å². The van der Waals surface area contributed by atoms with Crippen LogP contribution in [0.2, 0.25) is 0 Å². The predicted molar refractivity (Wildman–Crippen MR) is 95.8 cm³/mol. The lowest BCUT2D eigenvalue weighted by molar-refractivity contribution is 0.356. The van der Waals surface area contributed by atoms with Crippen LogP contribution in [0.3, 0.4) is 0 Å². The first-order valence-electron chi connectivity index (χ1n) is 7.63. The molecule has 0 aliphatic carbocycles. The number of pyridine rings is 1. The van der Waals surface area contributed by atoms with Gasteiger partial charge in [0.15, 0.2) is 11.5 Å². The first-order valence-corrected chi connectivity index (χ1v) is 7.63. The van der Waals surface area contributed by atoms with E-state index in [9.17, 15) is 10.1 Å². The Hall–Kier alpha value is -3.52. The van der Waals surface area contributed by atoms with Crippen molar-refractivity contribution in [3.63, 3.8) is 0 Å². The van der Waals surface area contributed by atoms with Crippen molar-refractivity contribution in [3.8, 4) is 40.0 Å². The number of nitrogens with one attached hydrogen (secondary N) is 1. The zero-order chi connectivity index (χ0) is 17.8. The van der Waals surface area contributed by atoms with Crippen molar-refractivity contribution in [1.29, 1.82) is 5.26 Å². The maximum atomic E-state index is 12.4. The molecular weight excluding hydrogens is 316 g/mol. The molecule has 0 atom stereocenters. The summed E-state index contributed by atoms with van der Waals surface area (Å²) in [5.41, 5.74) is 2.20. The van der Waals surface area contributed by atoms with E-state index in [1.807, 2.05) is 36.4 Å². The Bertz CT molecular complexity index is 1000. The molecule has 1 N–H and O–H groups in total. The fourth-order valence-corrected chi connectivity index (χ4v) is 2.76. The zero-order valence-corrected chi connectivity index (χ0v) is 13.9. The number of ether oxygens (including phenoxy) is 2. The molecule has 0 saturated carbocycles. The highest BCUT2D eigenvalue weighted by molar-refractivity contribution is 5.80. The molecule has 0 spiro atoms. The van der Waals surface area contributed by atoms with Crippen LogP contribution in [-0.2, 0) is 0 Å². The van der Waals surface area contributed by atoms with Crippen molar-refractivity contribution >= 4 is 0 Å². The van der Waals surface area contributed by atoms with Gasteiger partial charge in [-0.15, -0.1) is 0 Å². The van der Waals surface area contributed by atoms with Gasteiger partial charge in [-0.05, 0) is 17.7 Å². The molecule has 2 aromatic carbocycles. The molecule has 0 saturated heterocycles. The van der Waals surface area contributed by atoms with Gasteiger partial charge in [-0.1, -0.05) is 42.5 Å². The Morgan fingerprint density at radius 2 is 1.72 bits per heavy atom. The summed E-state index contributed by atoms with van der Waals surface area (Å²) in [4.78, 5) is 15.2. The highest BCUT2D eigenvalue weighted by Crippen LogP contribution is 2.39. The normalized spacial score (nSPS) is 10.1. The predicted octanol–water partition coefficient (Wildman–Crippen LogP) is 3.60. The van der Waals surface area contributed by atoms with Crippen LogP contribution in [0.1, 0.15) is 5.56 Å². The number of aromatic amines is 1. The van der Waals surface area contributed by atoms with Crippen LogP contribution in [0.15, 0.2) is 59.4 Å². The summed E-state index contributed by atoms with van der Waals surface area (Å²) in [7, 11) is 3.07. The van der Waals surface area contributed by atoms with E-state index in [4.69, 9.17) is 9.47 Å². The quantitative estimate of drug-likeness (QED) is 0.792. The molecule has 5 nitrogen and oxygen atoms in total. The lowest BCUT2D eigenvalue weighted by Gasteiger charge is -2.14. The minimum absolute atomic E-state index is 0.0336. The topological polar surface area (TPSA) is 75.1 Å². The van der Waals surface area contributed by atoms with Gasteiger partial charge in [0.2, 0.25) is 0 Å². The Morgan fingerprint density at radius 3 is 2.36 bits per heavy atom. The summed E-state index contributed by atoms with van der Waals surface area (Å²) in [5.74, 6) is 1.01. The van der Waals surface area contributed by atoms with Crippen LogP contribution in [0.5, 0.6) is 11.5 Å². The summed E-state index contributed by atoms with van der Waals surface area (Å²) < 4.78 is 10.8. The van der Waals surface area contributed by atoms with Gasteiger partial charge >= 0.3 is 0 Å². The number of aromatic nitrogens is 1. The third-order valence-corrected chi connectivity index (χ3v) is 3.92. The van der Waals surface area contributed by atoms with Gasteiger partial charge in [0.1, 0.15) is 11.6 Å². The van der Waals surface area contributed by atoms with Crippen molar-refractivity contribution in [2.45, 2.75) is 0 Å². The van der Waals surface area contributed by atoms with Crippen LogP contribution in [-0.4, -0.2) is 19.2 Å². The maximum absolute atomic E-state index is 12.4. The number of H-pyrrole nitrogens is 1. The van der Waals surface area contributed by atoms with Crippen LogP contribution < -0.4 is 15.0 Å². The molecule has 0 radical (unpaired) electrons. The fraction of sp³-hybridized carbons (Fsp3) is 0.100. The Kier molecular flexibility index (Phi) is 4.53. The van der Waals surface area contributed by atoms with Crippen LogP contribution in [0, 0.1) is 11.3 Å². The smallest absolute Gasteiger partial charge is 0.266 e. The van der Waals surface area contributed by atoms with Crippen LogP contribution in [0.4, 0.5) is 0 Å². The van der Waals surface area contributed by atoms with E-state index in [1.165, 1.54) is 7.11 Å². The van der Waals surface area contributed by atoms with E-state index in [-0.39, 0.29) is 5.56 Å². The summed E-state index contributed by atoms with van der Waals surface area (Å²) in [6, 6.07) is 18.6. The highest BCUT2D eigenvalue weighted by atomic mass is 16.5. The molecule has 0 aliphatic heterocycles. The van der Waals surface area contributed by atoms with Gasteiger partial charge in [0.05, 0.1) is 14.2 Å². The second kappa shape index (κ2) is 6.93. The van der Waals surface area contributed by atoms with Gasteiger partial charge in [-0.25, -0.2) is 0 Å². The third-order valence-electron chi connectivity index (χ3n) is 3.92. The van der Waals surface area contributed by atoms with E-state index < -0.39 is 5.56 Å². The van der Waals surface area contributed by atoms with Gasteiger partial charge in [-0.3, -0.25) is 4.79 Å². The lowest BCUT2D eigenvalue weighted by atomic mass is 9.98. The molecule has 1 heterocycles. The van der Waals surface area contributed by atoms with E-state index >= 15 is 0 Å². The molecule has 0 amide bonds. The second-order valence-electron chi connectivity index (χ2n) is 5.32. The van der Waals surface area contributed by atoms with Crippen molar-refractivity contribution in [1.82, 2.24) is 4.98 Å². The first-order chi connectivity index (χ1) is 12.2. The molecule has 1 aromatic heterocycles. The lowest BCUT2D eigenvalue weighted by Crippen LogP contribution is -2.13. The van der Waals surface area contributed by atoms with Crippen LogP contribution in [0.25, 0.3) is 22.4 Å². The van der Waals surface area contributed by atoms with Gasteiger partial charge in [0.25, 0.3) is 5.56 Å². The van der Waals surface area contributed by atoms with E-state index in [1.54, 1.807) is 31.4 Å². The molecule has 3 rings (SSSR count). The first kappa shape index (κ1) is 16.3.